The zero-order valence-corrected chi connectivity index (χ0v) is 19.3. The van der Waals surface area contributed by atoms with Gasteiger partial charge >= 0.3 is 0 Å². The van der Waals surface area contributed by atoms with Gasteiger partial charge in [-0.15, -0.1) is 0 Å². The summed E-state index contributed by atoms with van der Waals surface area (Å²) in [6.45, 7) is 1.81. The topological polar surface area (TPSA) is 60.9 Å². The zero-order chi connectivity index (χ0) is 23.4. The van der Waals surface area contributed by atoms with E-state index in [0.29, 0.717) is 36.9 Å². The van der Waals surface area contributed by atoms with E-state index in [4.69, 9.17) is 11.6 Å². The fourth-order valence-electron chi connectivity index (χ4n) is 3.75. The number of hydrogen-bond donors (Lipinski definition) is 0. The van der Waals surface area contributed by atoms with Gasteiger partial charge in [-0.2, -0.15) is 0 Å². The number of nitrogens with zero attached hydrogens (tertiary/aromatic N) is 3. The van der Waals surface area contributed by atoms with Crippen LogP contribution in [0.2, 0.25) is 5.02 Å². The van der Waals surface area contributed by atoms with Crippen molar-refractivity contribution in [2.45, 2.75) is 4.90 Å². The minimum Gasteiger partial charge on any atom is -0.368 e. The van der Waals surface area contributed by atoms with Gasteiger partial charge in [-0.25, -0.2) is 12.8 Å². The second-order valence-electron chi connectivity index (χ2n) is 7.65. The zero-order valence-electron chi connectivity index (χ0n) is 17.8. The molecule has 1 fully saturated rings. The summed E-state index contributed by atoms with van der Waals surface area (Å²) in [5.74, 6) is -0.829. The van der Waals surface area contributed by atoms with Crippen LogP contribution in [0.4, 0.5) is 15.8 Å². The quantitative estimate of drug-likeness (QED) is 0.527. The van der Waals surface area contributed by atoms with Gasteiger partial charge in [0, 0.05) is 36.9 Å². The highest BCUT2D eigenvalue weighted by atomic mass is 35.5. The van der Waals surface area contributed by atoms with Crippen molar-refractivity contribution < 1.29 is 17.6 Å². The fraction of sp³-hybridized carbons (Fsp3) is 0.208. The summed E-state index contributed by atoms with van der Waals surface area (Å²) in [6, 6.07) is 20.6. The molecule has 0 radical (unpaired) electrons. The molecule has 0 atom stereocenters. The molecular formula is C24H23ClFN3O3S. The maximum absolute atomic E-state index is 13.3. The number of piperazine rings is 1. The maximum Gasteiger partial charge on any atom is 0.264 e. The van der Waals surface area contributed by atoms with Crippen LogP contribution in [-0.4, -0.2) is 51.9 Å². The Morgan fingerprint density at radius 3 is 2.21 bits per heavy atom. The minimum atomic E-state index is -4.07. The van der Waals surface area contributed by atoms with Crippen LogP contribution >= 0.6 is 11.6 Å². The van der Waals surface area contributed by atoms with Crippen LogP contribution < -0.4 is 9.21 Å². The summed E-state index contributed by atoms with van der Waals surface area (Å²) < 4.78 is 41.1. The molecule has 0 aromatic heterocycles. The number of sulfonamides is 1. The predicted molar refractivity (Wildman–Crippen MR) is 128 cm³/mol. The third-order valence-electron chi connectivity index (χ3n) is 5.53. The summed E-state index contributed by atoms with van der Waals surface area (Å²) >= 11 is 6.09. The number of hydrogen-bond acceptors (Lipinski definition) is 4. The van der Waals surface area contributed by atoms with E-state index in [-0.39, 0.29) is 17.3 Å². The van der Waals surface area contributed by atoms with Crippen molar-refractivity contribution in [2.75, 3.05) is 41.9 Å². The number of halogens is 2. The lowest BCUT2D eigenvalue weighted by Gasteiger charge is -2.37. The molecule has 1 aliphatic rings. The van der Waals surface area contributed by atoms with E-state index in [2.05, 4.69) is 4.90 Å². The van der Waals surface area contributed by atoms with Gasteiger partial charge in [-0.3, -0.25) is 9.10 Å². The highest BCUT2D eigenvalue weighted by molar-refractivity contribution is 7.92. The van der Waals surface area contributed by atoms with Crippen LogP contribution in [0.3, 0.4) is 0 Å². The number of anilines is 2. The lowest BCUT2D eigenvalue weighted by Crippen LogP contribution is -2.52. The van der Waals surface area contributed by atoms with Crippen molar-refractivity contribution >= 4 is 38.9 Å². The van der Waals surface area contributed by atoms with Crippen molar-refractivity contribution in [1.29, 1.82) is 0 Å². The molecule has 3 aromatic rings. The van der Waals surface area contributed by atoms with Crippen molar-refractivity contribution in [3.8, 4) is 0 Å². The Kier molecular flexibility index (Phi) is 6.85. The van der Waals surface area contributed by atoms with Crippen LogP contribution in [0.5, 0.6) is 0 Å². The Labute approximate surface area is 197 Å². The fourth-order valence-corrected chi connectivity index (χ4v) is 5.35. The molecule has 9 heteroatoms. The van der Waals surface area contributed by atoms with E-state index in [1.807, 2.05) is 24.3 Å². The molecular weight excluding hydrogens is 465 g/mol. The van der Waals surface area contributed by atoms with Crippen molar-refractivity contribution in [3.63, 3.8) is 0 Å². The van der Waals surface area contributed by atoms with Gasteiger partial charge in [-0.1, -0.05) is 35.9 Å². The summed E-state index contributed by atoms with van der Waals surface area (Å²) in [4.78, 5) is 16.9. The molecule has 0 N–H and O–H groups in total. The van der Waals surface area contributed by atoms with Crippen molar-refractivity contribution in [3.05, 3.63) is 89.7 Å². The Morgan fingerprint density at radius 2 is 1.58 bits per heavy atom. The van der Waals surface area contributed by atoms with Crippen LogP contribution in [0.1, 0.15) is 0 Å². The molecule has 1 aliphatic heterocycles. The predicted octanol–water partition coefficient (Wildman–Crippen LogP) is 4.02. The lowest BCUT2D eigenvalue weighted by atomic mass is 10.2. The minimum absolute atomic E-state index is 0.0775. The number of benzene rings is 3. The average Bonchev–Trinajstić information content (AvgIpc) is 2.83. The summed E-state index contributed by atoms with van der Waals surface area (Å²) in [7, 11) is -4.07. The van der Waals surface area contributed by atoms with Crippen LogP contribution in [0.25, 0.3) is 0 Å². The van der Waals surface area contributed by atoms with Crippen LogP contribution in [0.15, 0.2) is 83.8 Å². The first-order chi connectivity index (χ1) is 15.8. The summed E-state index contributed by atoms with van der Waals surface area (Å²) in [5.41, 5.74) is 1.35. The number of para-hydroxylation sites is 1. The summed E-state index contributed by atoms with van der Waals surface area (Å²) in [5, 5.41) is 0.649. The molecule has 0 aliphatic carbocycles. The van der Waals surface area contributed by atoms with Gasteiger partial charge in [0.15, 0.2) is 0 Å². The van der Waals surface area contributed by atoms with Crippen LogP contribution in [-0.2, 0) is 14.8 Å². The van der Waals surface area contributed by atoms with Gasteiger partial charge in [-0.05, 0) is 54.6 Å². The number of carbonyl (C=O) groups is 1. The average molecular weight is 488 g/mol. The van der Waals surface area contributed by atoms with Gasteiger partial charge in [0.1, 0.15) is 12.4 Å². The largest absolute Gasteiger partial charge is 0.368 e. The monoisotopic (exact) mass is 487 g/mol. The molecule has 0 saturated carbocycles. The molecule has 4 rings (SSSR count). The van der Waals surface area contributed by atoms with E-state index in [1.54, 1.807) is 35.2 Å². The Balaban J connectivity index is 1.51. The SMILES string of the molecule is O=C(CN(c1ccccc1)S(=O)(=O)c1ccc(F)cc1)N1CCN(c2cccc(Cl)c2)CC1. The first-order valence-corrected chi connectivity index (χ1v) is 12.3. The van der Waals surface area contributed by atoms with Gasteiger partial charge in [0.2, 0.25) is 5.91 Å². The first-order valence-electron chi connectivity index (χ1n) is 10.5. The van der Waals surface area contributed by atoms with Gasteiger partial charge in [0.25, 0.3) is 10.0 Å². The van der Waals surface area contributed by atoms with E-state index in [0.717, 1.165) is 22.1 Å². The first kappa shape index (κ1) is 23.1. The molecule has 1 amide bonds. The van der Waals surface area contributed by atoms with Gasteiger partial charge < -0.3 is 9.80 Å². The molecule has 172 valence electrons. The number of rotatable bonds is 6. The molecule has 0 bridgehead atoms. The Morgan fingerprint density at radius 1 is 0.909 bits per heavy atom. The molecule has 1 heterocycles. The lowest BCUT2D eigenvalue weighted by molar-refractivity contribution is -0.129. The van der Waals surface area contributed by atoms with E-state index >= 15 is 0 Å². The van der Waals surface area contributed by atoms with E-state index < -0.39 is 15.8 Å². The molecule has 1 saturated heterocycles. The van der Waals surface area contributed by atoms with Crippen molar-refractivity contribution in [1.82, 2.24) is 4.90 Å². The summed E-state index contributed by atoms with van der Waals surface area (Å²) in [6.07, 6.45) is 0. The van der Waals surface area contributed by atoms with Crippen LogP contribution in [0, 0.1) is 5.82 Å². The molecule has 6 nitrogen and oxygen atoms in total. The number of amides is 1. The Bertz CT molecular complexity index is 1220. The Hall–Kier alpha value is -3.10. The molecule has 0 unspecified atom stereocenters. The highest BCUT2D eigenvalue weighted by Crippen LogP contribution is 2.25. The smallest absolute Gasteiger partial charge is 0.264 e. The van der Waals surface area contributed by atoms with Gasteiger partial charge in [0.05, 0.1) is 10.6 Å². The van der Waals surface area contributed by atoms with Crippen molar-refractivity contribution in [2.24, 2.45) is 0 Å². The second kappa shape index (κ2) is 9.80. The standard InChI is InChI=1S/C24H23ClFN3O3S/c25-19-5-4-8-22(17-19)27-13-15-28(16-14-27)24(30)18-29(21-6-2-1-3-7-21)33(31,32)23-11-9-20(26)10-12-23/h1-12,17H,13-16,18H2. The second-order valence-corrected chi connectivity index (χ2v) is 9.95. The van der Waals surface area contributed by atoms with E-state index in [9.17, 15) is 17.6 Å². The molecule has 3 aromatic carbocycles. The van der Waals surface area contributed by atoms with E-state index in [1.165, 1.54) is 12.1 Å². The third-order valence-corrected chi connectivity index (χ3v) is 7.55. The third kappa shape index (κ3) is 5.29. The number of carbonyl (C=O) groups excluding carboxylic acids is 1. The molecule has 33 heavy (non-hydrogen) atoms. The highest BCUT2D eigenvalue weighted by Gasteiger charge is 2.30. The normalized spacial score (nSPS) is 14.2. The molecule has 0 spiro atoms. The maximum atomic E-state index is 13.3.